The van der Waals surface area contributed by atoms with Crippen LogP contribution in [0.5, 0.6) is 0 Å². The van der Waals surface area contributed by atoms with Crippen LogP contribution >= 0.6 is 0 Å². The highest BCUT2D eigenvalue weighted by atomic mass is 19.4. The molecule has 7 heteroatoms. The van der Waals surface area contributed by atoms with Gasteiger partial charge in [-0.15, -0.1) is 0 Å². The zero-order valence-electron chi connectivity index (χ0n) is 9.82. The Kier molecular flexibility index (Phi) is 3.55. The largest absolute Gasteiger partial charge is 0.415 e. The van der Waals surface area contributed by atoms with Crippen LogP contribution < -0.4 is 5.73 Å². The third-order valence-corrected chi connectivity index (χ3v) is 3.42. The minimum atomic E-state index is -4.65. The SMILES string of the molecule is N[C@@]1(c2ccccc2F)COC(C(F)(F)F)[C@H]1CO. The van der Waals surface area contributed by atoms with Gasteiger partial charge in [0.2, 0.25) is 0 Å². The molecule has 2 rings (SSSR count). The molecule has 0 spiro atoms. The lowest BCUT2D eigenvalue weighted by Crippen LogP contribution is -2.50. The van der Waals surface area contributed by atoms with Crippen molar-refractivity contribution >= 4 is 0 Å². The first-order valence-electron chi connectivity index (χ1n) is 5.64. The fourth-order valence-corrected chi connectivity index (χ4v) is 2.42. The van der Waals surface area contributed by atoms with Crippen LogP contribution in [0.15, 0.2) is 24.3 Å². The number of aliphatic hydroxyl groups is 1. The molecule has 0 bridgehead atoms. The Bertz CT molecular complexity index is 465. The molecule has 0 amide bonds. The van der Waals surface area contributed by atoms with Gasteiger partial charge in [-0.1, -0.05) is 18.2 Å². The summed E-state index contributed by atoms with van der Waals surface area (Å²) in [5.41, 5.74) is 4.12. The van der Waals surface area contributed by atoms with Crippen molar-refractivity contribution in [3.63, 3.8) is 0 Å². The summed E-state index contributed by atoms with van der Waals surface area (Å²) in [5.74, 6) is -2.15. The summed E-state index contributed by atoms with van der Waals surface area (Å²) in [6, 6.07) is 5.30. The normalized spacial score (nSPS) is 31.7. The maximum Gasteiger partial charge on any atom is 0.415 e. The third-order valence-electron chi connectivity index (χ3n) is 3.42. The Morgan fingerprint density at radius 2 is 2.00 bits per heavy atom. The van der Waals surface area contributed by atoms with E-state index in [2.05, 4.69) is 4.74 Å². The summed E-state index contributed by atoms with van der Waals surface area (Å²) in [6.45, 7) is -1.33. The zero-order chi connectivity index (χ0) is 14.3. The summed E-state index contributed by atoms with van der Waals surface area (Å²) < 4.78 is 56.7. The van der Waals surface area contributed by atoms with Crippen molar-refractivity contribution in [1.29, 1.82) is 0 Å². The van der Waals surface area contributed by atoms with E-state index in [-0.39, 0.29) is 5.56 Å². The summed E-state index contributed by atoms with van der Waals surface area (Å²) in [5, 5.41) is 9.21. The minimum Gasteiger partial charge on any atom is -0.396 e. The first-order chi connectivity index (χ1) is 8.80. The number of ether oxygens (including phenoxy) is 1. The highest BCUT2D eigenvalue weighted by molar-refractivity contribution is 5.29. The third kappa shape index (κ3) is 2.33. The topological polar surface area (TPSA) is 55.5 Å². The number of hydrogen-bond acceptors (Lipinski definition) is 3. The van der Waals surface area contributed by atoms with Crippen molar-refractivity contribution in [1.82, 2.24) is 0 Å². The number of rotatable bonds is 2. The van der Waals surface area contributed by atoms with Gasteiger partial charge in [0.1, 0.15) is 5.82 Å². The minimum absolute atomic E-state index is 0.0826. The van der Waals surface area contributed by atoms with Crippen LogP contribution in [-0.4, -0.2) is 30.6 Å². The van der Waals surface area contributed by atoms with E-state index in [0.29, 0.717) is 0 Å². The van der Waals surface area contributed by atoms with Gasteiger partial charge < -0.3 is 15.6 Å². The molecule has 106 valence electrons. The van der Waals surface area contributed by atoms with Crippen LogP contribution in [0.3, 0.4) is 0 Å². The Morgan fingerprint density at radius 1 is 1.37 bits per heavy atom. The summed E-state index contributed by atoms with van der Waals surface area (Å²) in [7, 11) is 0. The second-order valence-corrected chi connectivity index (χ2v) is 4.58. The van der Waals surface area contributed by atoms with Crippen molar-refractivity contribution in [3.05, 3.63) is 35.6 Å². The fourth-order valence-electron chi connectivity index (χ4n) is 2.42. The first kappa shape index (κ1) is 14.2. The molecule has 0 radical (unpaired) electrons. The number of benzene rings is 1. The van der Waals surface area contributed by atoms with Crippen LogP contribution in [0.2, 0.25) is 0 Å². The van der Waals surface area contributed by atoms with Gasteiger partial charge in [0.05, 0.1) is 18.8 Å². The van der Waals surface area contributed by atoms with E-state index in [1.54, 1.807) is 0 Å². The standard InChI is InChI=1S/C12H13F4NO2/c13-9-4-2-1-3-7(9)11(17)6-19-10(8(11)5-18)12(14,15)16/h1-4,8,10,18H,5-6,17H2/t8-,10?,11-/m1/s1. The van der Waals surface area contributed by atoms with Gasteiger partial charge in [0.25, 0.3) is 0 Å². The lowest BCUT2D eigenvalue weighted by Gasteiger charge is -2.31. The van der Waals surface area contributed by atoms with Crippen LogP contribution in [0.1, 0.15) is 5.56 Å². The van der Waals surface area contributed by atoms with Crippen molar-refractivity contribution in [2.75, 3.05) is 13.2 Å². The fraction of sp³-hybridized carbons (Fsp3) is 0.500. The number of alkyl halides is 3. The molecular weight excluding hydrogens is 266 g/mol. The Balaban J connectivity index is 2.42. The van der Waals surface area contributed by atoms with Gasteiger partial charge in [-0.2, -0.15) is 13.2 Å². The highest BCUT2D eigenvalue weighted by Crippen LogP contribution is 2.44. The number of nitrogens with two attached hydrogens (primary N) is 1. The quantitative estimate of drug-likeness (QED) is 0.808. The first-order valence-corrected chi connectivity index (χ1v) is 5.64. The molecule has 3 atom stereocenters. The molecule has 1 heterocycles. The Labute approximate surface area is 107 Å². The second-order valence-electron chi connectivity index (χ2n) is 4.58. The van der Waals surface area contributed by atoms with Gasteiger partial charge in [0, 0.05) is 11.5 Å². The van der Waals surface area contributed by atoms with Crippen molar-refractivity contribution < 1.29 is 27.4 Å². The predicted molar refractivity (Wildman–Crippen MR) is 58.6 cm³/mol. The predicted octanol–water partition coefficient (Wildman–Crippen LogP) is 1.55. The summed E-state index contributed by atoms with van der Waals surface area (Å²) in [6.07, 6.45) is -6.85. The molecule has 0 saturated carbocycles. The van der Waals surface area contributed by atoms with E-state index < -0.39 is 42.8 Å². The van der Waals surface area contributed by atoms with Gasteiger partial charge in [0.15, 0.2) is 6.10 Å². The van der Waals surface area contributed by atoms with E-state index in [1.807, 2.05) is 0 Å². The van der Waals surface area contributed by atoms with E-state index in [9.17, 15) is 22.7 Å². The second kappa shape index (κ2) is 4.73. The summed E-state index contributed by atoms with van der Waals surface area (Å²) >= 11 is 0. The van der Waals surface area contributed by atoms with Gasteiger partial charge in [-0.05, 0) is 6.07 Å². The van der Waals surface area contributed by atoms with Crippen LogP contribution in [-0.2, 0) is 10.3 Å². The smallest absolute Gasteiger partial charge is 0.396 e. The Hall–Kier alpha value is -1.18. The molecule has 1 aliphatic heterocycles. The molecule has 0 aromatic heterocycles. The number of hydrogen-bond donors (Lipinski definition) is 2. The molecule has 19 heavy (non-hydrogen) atoms. The molecule has 1 fully saturated rings. The average molecular weight is 279 g/mol. The van der Waals surface area contributed by atoms with Crippen molar-refractivity contribution in [2.45, 2.75) is 17.8 Å². The van der Waals surface area contributed by atoms with E-state index in [0.717, 1.165) is 6.07 Å². The van der Waals surface area contributed by atoms with E-state index in [4.69, 9.17) is 5.73 Å². The zero-order valence-corrected chi connectivity index (χ0v) is 9.82. The van der Waals surface area contributed by atoms with Crippen LogP contribution in [0, 0.1) is 11.7 Å². The monoisotopic (exact) mass is 279 g/mol. The lowest BCUT2D eigenvalue weighted by atomic mass is 9.78. The average Bonchev–Trinajstić information content (AvgIpc) is 2.67. The maximum absolute atomic E-state index is 13.7. The van der Waals surface area contributed by atoms with Gasteiger partial charge >= 0.3 is 6.18 Å². The number of halogens is 4. The van der Waals surface area contributed by atoms with Crippen molar-refractivity contribution in [2.24, 2.45) is 11.7 Å². The molecule has 3 nitrogen and oxygen atoms in total. The molecular formula is C12H13F4NO2. The Morgan fingerprint density at radius 3 is 2.53 bits per heavy atom. The molecule has 1 aromatic carbocycles. The molecule has 1 aliphatic rings. The summed E-state index contributed by atoms with van der Waals surface area (Å²) in [4.78, 5) is 0. The van der Waals surface area contributed by atoms with E-state index >= 15 is 0 Å². The van der Waals surface area contributed by atoms with Gasteiger partial charge in [-0.3, -0.25) is 0 Å². The molecule has 3 N–H and O–H groups in total. The van der Waals surface area contributed by atoms with Crippen molar-refractivity contribution in [3.8, 4) is 0 Å². The van der Waals surface area contributed by atoms with E-state index in [1.165, 1.54) is 18.2 Å². The van der Waals surface area contributed by atoms with Crippen LogP contribution in [0.4, 0.5) is 17.6 Å². The highest BCUT2D eigenvalue weighted by Gasteiger charge is 2.58. The van der Waals surface area contributed by atoms with Crippen LogP contribution in [0.25, 0.3) is 0 Å². The number of aliphatic hydroxyl groups excluding tert-OH is 1. The molecule has 1 unspecified atom stereocenters. The molecule has 1 saturated heterocycles. The maximum atomic E-state index is 13.7. The van der Waals surface area contributed by atoms with Gasteiger partial charge in [-0.25, -0.2) is 4.39 Å². The molecule has 1 aromatic rings. The molecule has 0 aliphatic carbocycles. The lowest BCUT2D eigenvalue weighted by molar-refractivity contribution is -0.219.